The van der Waals surface area contributed by atoms with E-state index in [-0.39, 0.29) is 29.4 Å². The molecule has 0 saturated carbocycles. The van der Waals surface area contributed by atoms with Gasteiger partial charge in [-0.1, -0.05) is 6.58 Å². The maximum atomic E-state index is 7.80. The van der Waals surface area contributed by atoms with Gasteiger partial charge in [-0.15, -0.1) is 0 Å². The van der Waals surface area contributed by atoms with Crippen LogP contribution >= 0.6 is 9.90 Å². The Bertz CT molecular complexity index is 60.4. The molecule has 0 heterocycles. The van der Waals surface area contributed by atoms with Crippen molar-refractivity contribution in [3.63, 3.8) is 0 Å². The van der Waals surface area contributed by atoms with Gasteiger partial charge >= 0.3 is 0 Å². The largest absolute Gasteiger partial charge is 0.365 e. The van der Waals surface area contributed by atoms with Gasteiger partial charge < -0.3 is 10.2 Å². The third kappa shape index (κ3) is 155. The number of rotatable bonds is 1. The normalized spacial score (nSPS) is 4.64. The molecule has 0 aromatic heterocycles. The molecule has 0 fully saturated rings. The zero-order valence-corrected chi connectivity index (χ0v) is 7.89. The van der Waals surface area contributed by atoms with Gasteiger partial charge in [-0.25, -0.2) is 0 Å². The molecule has 0 aliphatic carbocycles. The van der Waals surface area contributed by atoms with Crippen LogP contribution in [0.4, 0.5) is 0 Å². The van der Waals surface area contributed by atoms with E-state index in [0.29, 0.717) is 0 Å². The molecule has 0 aromatic rings. The molecule has 0 rings (SSSR count). The van der Waals surface area contributed by atoms with Gasteiger partial charge in [0, 0.05) is 29.4 Å². The Hall–Kier alpha value is 0.0534. The maximum absolute atomic E-state index is 7.80. The number of carbonyl (C=O) groups excluding carboxylic acids is 2. The van der Waals surface area contributed by atoms with E-state index in [1.807, 2.05) is 0 Å². The van der Waals surface area contributed by atoms with E-state index in [1.165, 1.54) is 0 Å². The summed E-state index contributed by atoms with van der Waals surface area (Å²) in [7, 11) is 0. The van der Waals surface area contributed by atoms with Crippen LogP contribution in [0, 0.1) is 0 Å². The van der Waals surface area contributed by atoms with Gasteiger partial charge in [0.05, 0.1) is 0 Å². The van der Waals surface area contributed by atoms with E-state index in [9.17, 15) is 0 Å². The number of hydrogen-bond donors (Lipinski definition) is 2. The van der Waals surface area contributed by atoms with E-state index in [0.717, 1.165) is 6.08 Å². The van der Waals surface area contributed by atoms with Crippen LogP contribution in [0.15, 0.2) is 12.7 Å². The summed E-state index contributed by atoms with van der Waals surface area (Å²) in [6.07, 6.45) is -0.324. The van der Waals surface area contributed by atoms with Gasteiger partial charge in [0.2, 0.25) is 0 Å². The van der Waals surface area contributed by atoms with Crippen molar-refractivity contribution in [2.45, 2.75) is 6.29 Å². The molecule has 0 atom stereocenters. The zero-order chi connectivity index (χ0) is 8.28. The van der Waals surface area contributed by atoms with E-state index in [2.05, 4.69) is 20.2 Å². The molecule has 0 bridgehead atoms. The standard InChI is InChI=1S/C3H6O2.2CO.P.Rh/c1-2-3(4)5;2*1-2;;/h2-5H,1H2;;;;. The zero-order valence-electron chi connectivity index (χ0n) is 5.35. The molecular weight excluding hydrogens is 258 g/mol. The molecule has 11 heavy (non-hydrogen) atoms. The van der Waals surface area contributed by atoms with Gasteiger partial charge in [-0.2, -0.15) is 0 Å². The molecular formula is C5H6O4PRh. The molecule has 6 heteroatoms. The van der Waals surface area contributed by atoms with E-state index in [1.54, 1.807) is 0 Å². The van der Waals surface area contributed by atoms with Crippen LogP contribution in [-0.4, -0.2) is 30.1 Å². The first-order valence-corrected chi connectivity index (χ1v) is 1.67. The Morgan fingerprint density at radius 3 is 1.27 bits per heavy atom. The quantitative estimate of drug-likeness (QED) is 0.291. The van der Waals surface area contributed by atoms with E-state index < -0.39 is 6.29 Å². The first-order chi connectivity index (χ1) is 4.27. The van der Waals surface area contributed by atoms with Crippen LogP contribution < -0.4 is 0 Å². The molecule has 0 unspecified atom stereocenters. The molecule has 0 aliphatic heterocycles. The molecule has 4 nitrogen and oxygen atoms in total. The molecule has 8 radical (unpaired) electrons. The SMILES string of the molecule is C=CC(O)O.[C]=O.[C]=O.[P].[Rh]. The first-order valence-electron chi connectivity index (χ1n) is 1.67. The minimum Gasteiger partial charge on any atom is -0.365 e. The number of aliphatic hydroxyl groups excluding tert-OH is 1. The average Bonchev–Trinajstić information content (AvgIpc) is 1.97. The second-order valence-electron chi connectivity index (χ2n) is 0.649. The molecule has 0 aromatic carbocycles. The average molecular weight is 264 g/mol. The topological polar surface area (TPSA) is 74.6 Å². The van der Waals surface area contributed by atoms with Crippen molar-refractivity contribution in [1.82, 2.24) is 0 Å². The Morgan fingerprint density at radius 2 is 1.27 bits per heavy atom. The van der Waals surface area contributed by atoms with Crippen molar-refractivity contribution >= 4 is 23.5 Å². The van der Waals surface area contributed by atoms with Crippen molar-refractivity contribution in [2.75, 3.05) is 0 Å². The van der Waals surface area contributed by atoms with Crippen molar-refractivity contribution in [1.29, 1.82) is 0 Å². The fraction of sp³-hybridized carbons (Fsp3) is 0.200. The van der Waals surface area contributed by atoms with Crippen molar-refractivity contribution in [3.8, 4) is 0 Å². The summed E-state index contributed by atoms with van der Waals surface area (Å²) in [5.74, 6) is 0. The minimum atomic E-state index is -1.35. The van der Waals surface area contributed by atoms with Gasteiger partial charge in [0.15, 0.2) is 6.29 Å². The second kappa shape index (κ2) is 50.2. The number of aliphatic hydroxyl groups is 2. The maximum Gasteiger partial charge on any atom is 0.281 e. The summed E-state index contributed by atoms with van der Waals surface area (Å²) in [6, 6.07) is 0. The van der Waals surface area contributed by atoms with Crippen LogP contribution in [0.2, 0.25) is 0 Å². The molecule has 64 valence electrons. The molecule has 0 spiro atoms. The fourth-order valence-electron chi connectivity index (χ4n) is 0. The van der Waals surface area contributed by atoms with Gasteiger partial charge in [0.25, 0.3) is 13.6 Å². The summed E-state index contributed by atoms with van der Waals surface area (Å²) in [6.45, 7) is 12.1. The van der Waals surface area contributed by atoms with Crippen LogP contribution in [0.3, 0.4) is 0 Å². The molecule has 0 amide bonds. The first kappa shape index (κ1) is 30.5. The van der Waals surface area contributed by atoms with Crippen molar-refractivity contribution in [3.05, 3.63) is 12.7 Å². The summed E-state index contributed by atoms with van der Waals surface area (Å²) in [5, 5.41) is 15.6. The third-order valence-corrected chi connectivity index (χ3v) is 0.211. The van der Waals surface area contributed by atoms with Crippen LogP contribution in [-0.2, 0) is 29.1 Å². The Labute approximate surface area is 82.1 Å². The summed E-state index contributed by atoms with van der Waals surface area (Å²) < 4.78 is 0. The summed E-state index contributed by atoms with van der Waals surface area (Å²) in [4.78, 5) is 15.0. The second-order valence-corrected chi connectivity index (χ2v) is 0.649. The van der Waals surface area contributed by atoms with Gasteiger partial charge in [-0.3, -0.25) is 9.59 Å². The molecule has 2 N–H and O–H groups in total. The Kier molecular flexibility index (Phi) is 139. The number of hydrogen-bond acceptors (Lipinski definition) is 4. The Balaban J connectivity index is -0.0000000178. The predicted molar refractivity (Wildman–Crippen MR) is 36.7 cm³/mol. The third-order valence-electron chi connectivity index (χ3n) is 0.211. The minimum absolute atomic E-state index is 0. The predicted octanol–water partition coefficient (Wildman–Crippen LogP) is -0.452. The summed E-state index contributed by atoms with van der Waals surface area (Å²) >= 11 is 0. The molecule has 0 saturated heterocycles. The van der Waals surface area contributed by atoms with Gasteiger partial charge in [0.1, 0.15) is 0 Å². The fourth-order valence-corrected chi connectivity index (χ4v) is 0. The monoisotopic (exact) mass is 264 g/mol. The van der Waals surface area contributed by atoms with E-state index >= 15 is 0 Å². The van der Waals surface area contributed by atoms with Crippen molar-refractivity contribution < 1.29 is 39.3 Å². The smallest absolute Gasteiger partial charge is 0.281 e. The van der Waals surface area contributed by atoms with Gasteiger partial charge in [-0.05, 0) is 6.08 Å². The van der Waals surface area contributed by atoms with Crippen LogP contribution in [0.5, 0.6) is 0 Å². The summed E-state index contributed by atoms with van der Waals surface area (Å²) in [5.41, 5.74) is 0. The van der Waals surface area contributed by atoms with Crippen LogP contribution in [0.25, 0.3) is 0 Å². The van der Waals surface area contributed by atoms with Crippen LogP contribution in [0.1, 0.15) is 0 Å². The van der Waals surface area contributed by atoms with E-state index in [4.69, 9.17) is 19.8 Å². The van der Waals surface area contributed by atoms with Crippen molar-refractivity contribution in [2.24, 2.45) is 0 Å². The Morgan fingerprint density at radius 1 is 1.18 bits per heavy atom. The molecule has 0 aliphatic rings.